The molecule has 1 amide bonds. The van der Waals surface area contributed by atoms with Gasteiger partial charge in [0, 0.05) is 10.4 Å². The van der Waals surface area contributed by atoms with E-state index < -0.39 is 10.9 Å². The highest BCUT2D eigenvalue weighted by Crippen LogP contribution is 2.33. The van der Waals surface area contributed by atoms with E-state index >= 15 is 0 Å². The first kappa shape index (κ1) is 22.2. The van der Waals surface area contributed by atoms with Gasteiger partial charge < -0.3 is 10.1 Å². The van der Waals surface area contributed by atoms with Crippen LogP contribution in [-0.4, -0.2) is 33.7 Å². The number of nitrogens with one attached hydrogen (secondary N) is 1. The molecule has 3 rings (SSSR count). The second-order valence-electron chi connectivity index (χ2n) is 7.06. The Morgan fingerprint density at radius 3 is 2.39 bits per heavy atom. The highest BCUT2D eigenvalue weighted by atomic mass is 32.1. The Balaban J connectivity index is 1.78. The van der Waals surface area contributed by atoms with Crippen LogP contribution in [0.4, 0.5) is 10.7 Å². The number of hydrogen-bond donors (Lipinski definition) is 1. The zero-order valence-electron chi connectivity index (χ0n) is 17.8. The number of benzene rings is 1. The molecule has 31 heavy (non-hydrogen) atoms. The summed E-state index contributed by atoms with van der Waals surface area (Å²) in [6, 6.07) is 6.86. The fraction of sp³-hybridized carbons (Fsp3) is 0.286. The van der Waals surface area contributed by atoms with Crippen molar-refractivity contribution in [3.8, 4) is 0 Å². The Bertz CT molecular complexity index is 1180. The van der Waals surface area contributed by atoms with Crippen molar-refractivity contribution >= 4 is 33.9 Å². The molecule has 0 saturated heterocycles. The third kappa shape index (κ3) is 4.33. The average molecular weight is 442 g/mol. The van der Waals surface area contributed by atoms with Crippen LogP contribution in [0.1, 0.15) is 48.1 Å². The van der Waals surface area contributed by atoms with Crippen molar-refractivity contribution in [3.63, 3.8) is 0 Å². The standard InChI is InChI=1S/C21H22N4O5S/c1-11-14(4)31-20(17(11)21(27)30-5)22-19(26)16-8-6-15(7-9-16)10-24-13(3)18(25(28)29)12(2)23-24/h6-9H,10H2,1-5H3,(H,22,26). The van der Waals surface area contributed by atoms with Crippen LogP contribution in [0, 0.1) is 37.8 Å². The average Bonchev–Trinajstić information content (AvgIpc) is 3.16. The van der Waals surface area contributed by atoms with Gasteiger partial charge in [0.1, 0.15) is 16.4 Å². The van der Waals surface area contributed by atoms with Gasteiger partial charge in [-0.05, 0) is 51.0 Å². The molecule has 9 nitrogen and oxygen atoms in total. The molecule has 2 heterocycles. The molecule has 0 aliphatic carbocycles. The minimum absolute atomic E-state index is 0.0129. The zero-order chi connectivity index (χ0) is 22.9. The molecule has 0 aliphatic heterocycles. The molecule has 0 atom stereocenters. The first-order chi connectivity index (χ1) is 14.6. The molecule has 1 N–H and O–H groups in total. The third-order valence-electron chi connectivity index (χ3n) is 5.08. The maximum Gasteiger partial charge on any atom is 0.341 e. The molecule has 0 aliphatic rings. The summed E-state index contributed by atoms with van der Waals surface area (Å²) >= 11 is 1.32. The lowest BCUT2D eigenvalue weighted by molar-refractivity contribution is -0.386. The summed E-state index contributed by atoms with van der Waals surface area (Å²) in [4.78, 5) is 36.4. The summed E-state index contributed by atoms with van der Waals surface area (Å²) in [5.41, 5.74) is 3.25. The molecule has 10 heteroatoms. The summed E-state index contributed by atoms with van der Waals surface area (Å²) < 4.78 is 6.40. The molecule has 0 unspecified atom stereocenters. The highest BCUT2D eigenvalue weighted by Gasteiger charge is 2.23. The zero-order valence-corrected chi connectivity index (χ0v) is 18.6. The number of rotatable bonds is 6. The van der Waals surface area contributed by atoms with E-state index in [0.717, 1.165) is 16.0 Å². The fourth-order valence-electron chi connectivity index (χ4n) is 3.28. The summed E-state index contributed by atoms with van der Waals surface area (Å²) in [7, 11) is 1.30. The van der Waals surface area contributed by atoms with Crippen molar-refractivity contribution in [2.45, 2.75) is 34.2 Å². The van der Waals surface area contributed by atoms with Gasteiger partial charge in [0.2, 0.25) is 0 Å². The highest BCUT2D eigenvalue weighted by molar-refractivity contribution is 7.16. The van der Waals surface area contributed by atoms with Gasteiger partial charge in [-0.15, -0.1) is 11.3 Å². The lowest BCUT2D eigenvalue weighted by Gasteiger charge is -2.08. The van der Waals surface area contributed by atoms with Gasteiger partial charge in [0.25, 0.3) is 5.91 Å². The van der Waals surface area contributed by atoms with Crippen LogP contribution in [0.25, 0.3) is 0 Å². The number of thiophene rings is 1. The number of hydrogen-bond acceptors (Lipinski definition) is 7. The maximum absolute atomic E-state index is 12.7. The second kappa shape index (κ2) is 8.68. The summed E-state index contributed by atoms with van der Waals surface area (Å²) in [6.07, 6.45) is 0. The number of amides is 1. The molecule has 0 saturated carbocycles. The molecule has 2 aromatic heterocycles. The van der Waals surface area contributed by atoms with Gasteiger partial charge in [-0.25, -0.2) is 4.79 Å². The predicted molar refractivity (Wildman–Crippen MR) is 117 cm³/mol. The summed E-state index contributed by atoms with van der Waals surface area (Å²) in [5.74, 6) is -0.841. The van der Waals surface area contributed by atoms with E-state index in [1.165, 1.54) is 18.4 Å². The number of methoxy groups -OCH3 is 1. The van der Waals surface area contributed by atoms with Gasteiger partial charge >= 0.3 is 11.7 Å². The molecule has 1 aromatic carbocycles. The maximum atomic E-state index is 12.7. The Morgan fingerprint density at radius 2 is 1.84 bits per heavy atom. The van der Waals surface area contributed by atoms with Crippen LogP contribution < -0.4 is 5.32 Å². The number of nitrogens with zero attached hydrogens (tertiary/aromatic N) is 3. The Hall–Kier alpha value is -3.53. The quantitative estimate of drug-likeness (QED) is 0.348. The fourth-order valence-corrected chi connectivity index (χ4v) is 4.32. The number of esters is 1. The normalized spacial score (nSPS) is 10.7. The Kier molecular flexibility index (Phi) is 6.21. The molecule has 0 spiro atoms. The number of carbonyl (C=O) groups is 2. The van der Waals surface area contributed by atoms with Gasteiger partial charge in [-0.1, -0.05) is 12.1 Å². The summed E-state index contributed by atoms with van der Waals surface area (Å²) in [6.45, 7) is 7.29. The lowest BCUT2D eigenvalue weighted by Crippen LogP contribution is -2.14. The second-order valence-corrected chi connectivity index (χ2v) is 8.29. The first-order valence-electron chi connectivity index (χ1n) is 9.41. The van der Waals surface area contributed by atoms with E-state index in [4.69, 9.17) is 4.74 Å². The van der Waals surface area contributed by atoms with E-state index in [1.807, 2.05) is 13.8 Å². The van der Waals surface area contributed by atoms with Crippen LogP contribution in [0.2, 0.25) is 0 Å². The third-order valence-corrected chi connectivity index (χ3v) is 6.20. The number of aryl methyl sites for hydroxylation is 2. The lowest BCUT2D eigenvalue weighted by atomic mass is 10.1. The van der Waals surface area contributed by atoms with Gasteiger partial charge in [-0.2, -0.15) is 5.10 Å². The van der Waals surface area contributed by atoms with E-state index in [2.05, 4.69) is 10.4 Å². The van der Waals surface area contributed by atoms with E-state index in [-0.39, 0.29) is 11.6 Å². The predicted octanol–water partition coefficient (Wildman–Crippen LogP) is 4.17. The van der Waals surface area contributed by atoms with Crippen LogP contribution in [0.15, 0.2) is 24.3 Å². The van der Waals surface area contributed by atoms with Crippen LogP contribution in [0.5, 0.6) is 0 Å². The van der Waals surface area contributed by atoms with Crippen molar-refractivity contribution in [3.05, 3.63) is 72.9 Å². The monoisotopic (exact) mass is 442 g/mol. The molecule has 0 bridgehead atoms. The van der Waals surface area contributed by atoms with Crippen molar-refractivity contribution in [1.82, 2.24) is 9.78 Å². The Labute approximate surface area is 182 Å². The van der Waals surface area contributed by atoms with Crippen molar-refractivity contribution in [2.24, 2.45) is 0 Å². The minimum Gasteiger partial charge on any atom is -0.465 e. The molecule has 162 valence electrons. The van der Waals surface area contributed by atoms with Crippen LogP contribution in [-0.2, 0) is 11.3 Å². The van der Waals surface area contributed by atoms with Crippen molar-refractivity contribution in [1.29, 1.82) is 0 Å². The molecular formula is C21H22N4O5S. The van der Waals surface area contributed by atoms with E-state index in [0.29, 0.717) is 34.1 Å². The van der Waals surface area contributed by atoms with Crippen LogP contribution in [0.3, 0.4) is 0 Å². The van der Waals surface area contributed by atoms with E-state index in [9.17, 15) is 19.7 Å². The molecule has 0 fully saturated rings. The summed E-state index contributed by atoms with van der Waals surface area (Å²) in [5, 5.41) is 18.6. The minimum atomic E-state index is -0.494. The van der Waals surface area contributed by atoms with Crippen LogP contribution >= 0.6 is 11.3 Å². The van der Waals surface area contributed by atoms with Gasteiger partial charge in [0.15, 0.2) is 0 Å². The largest absolute Gasteiger partial charge is 0.465 e. The van der Waals surface area contributed by atoms with Gasteiger partial charge in [-0.3, -0.25) is 19.6 Å². The SMILES string of the molecule is COC(=O)c1c(NC(=O)c2ccc(Cn3nc(C)c([N+](=O)[O-])c3C)cc2)sc(C)c1C. The molecule has 3 aromatic rings. The van der Waals surface area contributed by atoms with Gasteiger partial charge in [0.05, 0.1) is 24.1 Å². The number of ether oxygens (including phenoxy) is 1. The number of carbonyl (C=O) groups excluding carboxylic acids is 2. The number of aromatic nitrogens is 2. The molecular weight excluding hydrogens is 420 g/mol. The smallest absolute Gasteiger partial charge is 0.341 e. The topological polar surface area (TPSA) is 116 Å². The van der Waals surface area contributed by atoms with Crippen molar-refractivity contribution in [2.75, 3.05) is 12.4 Å². The van der Waals surface area contributed by atoms with Crippen molar-refractivity contribution < 1.29 is 19.2 Å². The Morgan fingerprint density at radius 1 is 1.19 bits per heavy atom. The molecule has 0 radical (unpaired) electrons. The number of nitro groups is 1. The first-order valence-corrected chi connectivity index (χ1v) is 10.2. The number of anilines is 1. The van der Waals surface area contributed by atoms with E-state index in [1.54, 1.807) is 42.8 Å².